The molecule has 1 saturated carbocycles. The van der Waals surface area contributed by atoms with E-state index in [2.05, 4.69) is 64.1 Å². The molecule has 0 unspecified atom stereocenters. The third kappa shape index (κ3) is 4.58. The van der Waals surface area contributed by atoms with Gasteiger partial charge in [-0.1, -0.05) is 69.0 Å². The maximum atomic E-state index is 2.39. The first kappa shape index (κ1) is 19.2. The molecule has 0 spiro atoms. The second-order valence-corrected chi connectivity index (χ2v) is 8.57. The summed E-state index contributed by atoms with van der Waals surface area (Å²) in [4.78, 5) is 0. The standard InChI is InChI=1S/C26H36/c1-5-6-7-8-22-9-11-23(12-10-22)24-13-15-25(16-14-24)26-17-19(2)21(4)20(3)18-26/h13-18,22-23H,5-12H2,1-4H3. The number of benzene rings is 2. The Morgan fingerprint density at radius 1 is 0.769 bits per heavy atom. The van der Waals surface area contributed by atoms with Gasteiger partial charge in [0.2, 0.25) is 0 Å². The lowest BCUT2D eigenvalue weighted by Gasteiger charge is -2.29. The van der Waals surface area contributed by atoms with E-state index in [0.717, 1.165) is 11.8 Å². The summed E-state index contributed by atoms with van der Waals surface area (Å²) in [7, 11) is 0. The first-order valence-electron chi connectivity index (χ1n) is 10.8. The topological polar surface area (TPSA) is 0 Å². The van der Waals surface area contributed by atoms with Gasteiger partial charge in [-0.2, -0.15) is 0 Å². The Morgan fingerprint density at radius 3 is 1.96 bits per heavy atom. The van der Waals surface area contributed by atoms with E-state index in [-0.39, 0.29) is 0 Å². The van der Waals surface area contributed by atoms with Crippen LogP contribution in [0.4, 0.5) is 0 Å². The fraction of sp³-hybridized carbons (Fsp3) is 0.538. The molecule has 0 saturated heterocycles. The van der Waals surface area contributed by atoms with E-state index in [9.17, 15) is 0 Å². The van der Waals surface area contributed by atoms with Gasteiger partial charge in [0.1, 0.15) is 0 Å². The van der Waals surface area contributed by atoms with Crippen molar-refractivity contribution >= 4 is 0 Å². The van der Waals surface area contributed by atoms with E-state index < -0.39 is 0 Å². The van der Waals surface area contributed by atoms with Crippen molar-refractivity contribution < 1.29 is 0 Å². The molecule has 1 aliphatic carbocycles. The minimum Gasteiger partial charge on any atom is -0.0654 e. The largest absolute Gasteiger partial charge is 0.0654 e. The highest BCUT2D eigenvalue weighted by molar-refractivity contribution is 5.66. The predicted octanol–water partition coefficient (Wildman–Crippen LogP) is 8.13. The summed E-state index contributed by atoms with van der Waals surface area (Å²) in [5.74, 6) is 1.78. The Hall–Kier alpha value is -1.56. The number of unbranched alkanes of at least 4 members (excludes halogenated alkanes) is 2. The molecule has 0 aromatic heterocycles. The van der Waals surface area contributed by atoms with Crippen LogP contribution in [-0.2, 0) is 0 Å². The van der Waals surface area contributed by atoms with Gasteiger partial charge in [-0.25, -0.2) is 0 Å². The highest BCUT2D eigenvalue weighted by atomic mass is 14.3. The Kier molecular flexibility index (Phi) is 6.57. The van der Waals surface area contributed by atoms with Gasteiger partial charge >= 0.3 is 0 Å². The highest BCUT2D eigenvalue weighted by Crippen LogP contribution is 2.38. The van der Waals surface area contributed by atoms with Crippen LogP contribution in [0.5, 0.6) is 0 Å². The first-order chi connectivity index (χ1) is 12.6. The summed E-state index contributed by atoms with van der Waals surface area (Å²) in [5, 5.41) is 0. The minimum atomic E-state index is 0.785. The number of rotatable bonds is 6. The molecular formula is C26H36. The zero-order valence-electron chi connectivity index (χ0n) is 17.3. The molecule has 26 heavy (non-hydrogen) atoms. The third-order valence-electron chi connectivity index (χ3n) is 6.71. The molecule has 0 bridgehead atoms. The lowest BCUT2D eigenvalue weighted by molar-refractivity contribution is 0.303. The van der Waals surface area contributed by atoms with Crippen molar-refractivity contribution in [1.29, 1.82) is 0 Å². The zero-order chi connectivity index (χ0) is 18.5. The minimum absolute atomic E-state index is 0.785. The average Bonchev–Trinajstić information content (AvgIpc) is 2.67. The first-order valence-corrected chi connectivity index (χ1v) is 10.8. The highest BCUT2D eigenvalue weighted by Gasteiger charge is 2.22. The second-order valence-electron chi connectivity index (χ2n) is 8.57. The lowest BCUT2D eigenvalue weighted by Crippen LogP contribution is -2.13. The summed E-state index contributed by atoms with van der Waals surface area (Å²) < 4.78 is 0. The van der Waals surface area contributed by atoms with Crippen molar-refractivity contribution in [1.82, 2.24) is 0 Å². The van der Waals surface area contributed by atoms with Crippen LogP contribution in [0.15, 0.2) is 36.4 Å². The van der Waals surface area contributed by atoms with Crippen LogP contribution in [0, 0.1) is 26.7 Å². The van der Waals surface area contributed by atoms with Crippen LogP contribution in [0.3, 0.4) is 0 Å². The second kappa shape index (κ2) is 8.89. The van der Waals surface area contributed by atoms with E-state index in [1.807, 2.05) is 0 Å². The Balaban J connectivity index is 1.62. The number of aryl methyl sites for hydroxylation is 2. The molecule has 1 fully saturated rings. The van der Waals surface area contributed by atoms with Gasteiger partial charge in [-0.05, 0) is 91.7 Å². The van der Waals surface area contributed by atoms with Gasteiger partial charge in [0.25, 0.3) is 0 Å². The fourth-order valence-corrected chi connectivity index (χ4v) is 4.62. The van der Waals surface area contributed by atoms with Crippen LogP contribution < -0.4 is 0 Å². The van der Waals surface area contributed by atoms with Crippen molar-refractivity contribution in [2.24, 2.45) is 5.92 Å². The summed E-state index contributed by atoms with van der Waals surface area (Å²) >= 11 is 0. The van der Waals surface area contributed by atoms with E-state index in [0.29, 0.717) is 0 Å². The summed E-state index contributed by atoms with van der Waals surface area (Å²) in [6, 6.07) is 14.1. The van der Waals surface area contributed by atoms with E-state index in [1.165, 1.54) is 79.2 Å². The van der Waals surface area contributed by atoms with Crippen molar-refractivity contribution in [3.05, 3.63) is 58.7 Å². The smallest absolute Gasteiger partial charge is 0.0162 e. The number of hydrogen-bond acceptors (Lipinski definition) is 0. The quantitative estimate of drug-likeness (QED) is 0.462. The monoisotopic (exact) mass is 348 g/mol. The van der Waals surface area contributed by atoms with Gasteiger partial charge in [0.15, 0.2) is 0 Å². The molecule has 0 N–H and O–H groups in total. The van der Waals surface area contributed by atoms with Gasteiger partial charge in [0, 0.05) is 0 Å². The predicted molar refractivity (Wildman–Crippen MR) is 115 cm³/mol. The molecule has 0 heteroatoms. The van der Waals surface area contributed by atoms with Crippen LogP contribution in [0.1, 0.15) is 86.5 Å². The Labute approximate surface area is 161 Å². The molecule has 0 aliphatic heterocycles. The maximum absolute atomic E-state index is 2.39. The molecular weight excluding hydrogens is 312 g/mol. The molecule has 0 radical (unpaired) electrons. The molecule has 3 rings (SSSR count). The molecule has 1 aliphatic rings. The summed E-state index contributed by atoms with van der Waals surface area (Å²) in [6.07, 6.45) is 11.3. The van der Waals surface area contributed by atoms with Crippen molar-refractivity contribution in [3.8, 4) is 11.1 Å². The SMILES string of the molecule is CCCCCC1CCC(c2ccc(-c3cc(C)c(C)c(C)c3)cc2)CC1. The molecule has 140 valence electrons. The van der Waals surface area contributed by atoms with Crippen LogP contribution >= 0.6 is 0 Å². The van der Waals surface area contributed by atoms with Crippen molar-refractivity contribution in [3.63, 3.8) is 0 Å². The third-order valence-corrected chi connectivity index (χ3v) is 6.71. The van der Waals surface area contributed by atoms with E-state index in [4.69, 9.17) is 0 Å². The van der Waals surface area contributed by atoms with Gasteiger partial charge < -0.3 is 0 Å². The molecule has 2 aromatic carbocycles. The molecule has 0 nitrogen and oxygen atoms in total. The average molecular weight is 349 g/mol. The molecule has 0 atom stereocenters. The Bertz CT molecular complexity index is 676. The summed E-state index contributed by atoms with van der Waals surface area (Å²) in [6.45, 7) is 8.97. The van der Waals surface area contributed by atoms with Crippen LogP contribution in [0.2, 0.25) is 0 Å². The Morgan fingerprint density at radius 2 is 1.38 bits per heavy atom. The van der Waals surface area contributed by atoms with Crippen molar-refractivity contribution in [2.45, 2.75) is 85.0 Å². The van der Waals surface area contributed by atoms with Gasteiger partial charge in [-0.3, -0.25) is 0 Å². The van der Waals surface area contributed by atoms with Gasteiger partial charge in [0.05, 0.1) is 0 Å². The lowest BCUT2D eigenvalue weighted by atomic mass is 9.77. The molecule has 0 heterocycles. The fourth-order valence-electron chi connectivity index (χ4n) is 4.62. The molecule has 0 amide bonds. The van der Waals surface area contributed by atoms with Crippen LogP contribution in [-0.4, -0.2) is 0 Å². The maximum Gasteiger partial charge on any atom is -0.0162 e. The molecule has 2 aromatic rings. The normalized spacial score (nSPS) is 20.3. The van der Waals surface area contributed by atoms with Gasteiger partial charge in [-0.15, -0.1) is 0 Å². The number of hydrogen-bond donors (Lipinski definition) is 0. The zero-order valence-corrected chi connectivity index (χ0v) is 17.3. The van der Waals surface area contributed by atoms with Crippen LogP contribution in [0.25, 0.3) is 11.1 Å². The van der Waals surface area contributed by atoms with E-state index >= 15 is 0 Å². The summed E-state index contributed by atoms with van der Waals surface area (Å²) in [5.41, 5.74) is 8.48. The van der Waals surface area contributed by atoms with E-state index in [1.54, 1.807) is 5.56 Å². The van der Waals surface area contributed by atoms with Crippen molar-refractivity contribution in [2.75, 3.05) is 0 Å².